The number of fused-ring (bicyclic) bond motifs is 2. The monoisotopic (exact) mass is 420 g/mol. The molecule has 1 fully saturated rings. The molecule has 4 aromatic heterocycles. The van der Waals surface area contributed by atoms with Gasteiger partial charge in [0.1, 0.15) is 16.7 Å². The zero-order valence-corrected chi connectivity index (χ0v) is 18.3. The quantitative estimate of drug-likeness (QED) is 0.464. The van der Waals surface area contributed by atoms with Gasteiger partial charge in [-0.15, -0.1) is 5.10 Å². The molecule has 1 aliphatic rings. The molecule has 5 rings (SSSR count). The Balaban J connectivity index is 1.62. The molecular formula is C22H28N8O. The molecule has 1 aliphatic heterocycles. The summed E-state index contributed by atoms with van der Waals surface area (Å²) in [6.45, 7) is 8.21. The van der Waals surface area contributed by atoms with E-state index in [0.717, 1.165) is 52.2 Å². The van der Waals surface area contributed by atoms with E-state index in [1.807, 2.05) is 52.2 Å². The third kappa shape index (κ3) is 3.24. The van der Waals surface area contributed by atoms with Crippen molar-refractivity contribution in [2.24, 2.45) is 13.0 Å². The van der Waals surface area contributed by atoms with Gasteiger partial charge in [0.2, 0.25) is 0 Å². The highest BCUT2D eigenvalue weighted by atomic mass is 16.3. The van der Waals surface area contributed by atoms with E-state index in [4.69, 9.17) is 4.98 Å². The molecule has 31 heavy (non-hydrogen) atoms. The van der Waals surface area contributed by atoms with Crippen molar-refractivity contribution in [3.63, 3.8) is 0 Å². The summed E-state index contributed by atoms with van der Waals surface area (Å²) < 4.78 is 1.77. The molecule has 162 valence electrons. The SMILES string of the molecule is CC(C)[C@@](C)(O)[C@@H]1CN(c2nc(-c3c[nH]c4ncccc34)cc3nnn(C)c23)CCN1. The fourth-order valence-electron chi connectivity index (χ4n) is 4.32. The number of nitrogens with zero attached hydrogens (tertiary/aromatic N) is 6. The summed E-state index contributed by atoms with van der Waals surface area (Å²) in [5.74, 6) is 0.964. The van der Waals surface area contributed by atoms with E-state index in [1.54, 1.807) is 10.9 Å². The van der Waals surface area contributed by atoms with Gasteiger partial charge in [0.15, 0.2) is 5.82 Å². The summed E-state index contributed by atoms with van der Waals surface area (Å²) >= 11 is 0. The highest BCUT2D eigenvalue weighted by Crippen LogP contribution is 2.33. The molecule has 0 unspecified atom stereocenters. The number of nitrogens with one attached hydrogen (secondary N) is 2. The van der Waals surface area contributed by atoms with Crippen LogP contribution in [0.2, 0.25) is 0 Å². The van der Waals surface area contributed by atoms with Crippen molar-refractivity contribution in [3.05, 3.63) is 30.6 Å². The second-order valence-corrected chi connectivity index (χ2v) is 8.85. The predicted octanol–water partition coefficient (Wildman–Crippen LogP) is 2.09. The van der Waals surface area contributed by atoms with Crippen LogP contribution < -0.4 is 10.2 Å². The predicted molar refractivity (Wildman–Crippen MR) is 121 cm³/mol. The van der Waals surface area contributed by atoms with Gasteiger partial charge in [-0.05, 0) is 31.0 Å². The van der Waals surface area contributed by atoms with Crippen LogP contribution in [0.3, 0.4) is 0 Å². The summed E-state index contributed by atoms with van der Waals surface area (Å²) in [4.78, 5) is 14.9. The molecule has 5 heterocycles. The van der Waals surface area contributed by atoms with Crippen LogP contribution in [-0.2, 0) is 7.05 Å². The molecule has 0 aromatic carbocycles. The van der Waals surface area contributed by atoms with Crippen molar-refractivity contribution in [3.8, 4) is 11.3 Å². The molecule has 0 bridgehead atoms. The van der Waals surface area contributed by atoms with E-state index >= 15 is 0 Å². The molecule has 0 radical (unpaired) electrons. The van der Waals surface area contributed by atoms with Crippen LogP contribution in [0, 0.1) is 5.92 Å². The van der Waals surface area contributed by atoms with Gasteiger partial charge in [-0.1, -0.05) is 19.1 Å². The zero-order valence-electron chi connectivity index (χ0n) is 18.3. The molecule has 0 aliphatic carbocycles. The number of pyridine rings is 2. The van der Waals surface area contributed by atoms with E-state index in [0.29, 0.717) is 6.54 Å². The summed E-state index contributed by atoms with van der Waals surface area (Å²) in [5, 5.41) is 24.2. The van der Waals surface area contributed by atoms with Crippen molar-refractivity contribution in [2.45, 2.75) is 32.4 Å². The number of aryl methyl sites for hydroxylation is 1. The molecule has 3 N–H and O–H groups in total. The third-order valence-corrected chi connectivity index (χ3v) is 6.64. The van der Waals surface area contributed by atoms with Gasteiger partial charge in [0.25, 0.3) is 0 Å². The Labute approximate surface area is 180 Å². The Hall–Kier alpha value is -3.04. The summed E-state index contributed by atoms with van der Waals surface area (Å²) in [6.07, 6.45) is 3.71. The minimum atomic E-state index is -0.831. The Kier molecular flexibility index (Phi) is 4.67. The number of rotatable bonds is 4. The largest absolute Gasteiger partial charge is 0.388 e. The first-order chi connectivity index (χ1) is 14.9. The fourth-order valence-corrected chi connectivity index (χ4v) is 4.32. The molecule has 1 saturated heterocycles. The molecular weight excluding hydrogens is 392 g/mol. The summed E-state index contributed by atoms with van der Waals surface area (Å²) in [5.41, 5.74) is 3.50. The van der Waals surface area contributed by atoms with Crippen LogP contribution in [0.15, 0.2) is 30.6 Å². The van der Waals surface area contributed by atoms with E-state index in [1.165, 1.54) is 0 Å². The molecule has 9 nitrogen and oxygen atoms in total. The lowest BCUT2D eigenvalue weighted by molar-refractivity contribution is -0.0231. The highest BCUT2D eigenvalue weighted by Gasteiger charge is 2.38. The Morgan fingerprint density at radius 1 is 1.32 bits per heavy atom. The Morgan fingerprint density at radius 2 is 2.16 bits per heavy atom. The number of hydrogen-bond donors (Lipinski definition) is 3. The van der Waals surface area contributed by atoms with Crippen molar-refractivity contribution in [1.29, 1.82) is 0 Å². The van der Waals surface area contributed by atoms with Gasteiger partial charge < -0.3 is 20.3 Å². The van der Waals surface area contributed by atoms with Crippen LogP contribution in [-0.4, -0.2) is 66.3 Å². The number of aromatic amines is 1. The molecule has 2 atom stereocenters. The maximum absolute atomic E-state index is 11.1. The Bertz CT molecular complexity index is 1240. The summed E-state index contributed by atoms with van der Waals surface area (Å²) in [6, 6.07) is 5.87. The number of H-pyrrole nitrogens is 1. The van der Waals surface area contributed by atoms with E-state index in [9.17, 15) is 5.11 Å². The smallest absolute Gasteiger partial charge is 0.157 e. The molecule has 9 heteroatoms. The number of aliphatic hydroxyl groups is 1. The fraction of sp³-hybridized carbons (Fsp3) is 0.455. The maximum Gasteiger partial charge on any atom is 0.157 e. The second kappa shape index (κ2) is 7.28. The van der Waals surface area contributed by atoms with Crippen LogP contribution in [0.4, 0.5) is 5.82 Å². The normalized spacial score (nSPS) is 19.4. The van der Waals surface area contributed by atoms with Crippen LogP contribution in [0.5, 0.6) is 0 Å². The lowest BCUT2D eigenvalue weighted by atomic mass is 9.84. The first-order valence-electron chi connectivity index (χ1n) is 10.7. The average molecular weight is 421 g/mol. The van der Waals surface area contributed by atoms with Gasteiger partial charge in [-0.3, -0.25) is 0 Å². The molecule has 0 spiro atoms. The number of hydrogen-bond acceptors (Lipinski definition) is 7. The standard InChI is InChI=1S/C22H28N8O/c1-13(2)22(3,31)18-12-30(9-8-23-18)21-19-17(27-28-29(19)4)10-16(26-21)15-11-25-20-14(15)6-5-7-24-20/h5-7,10-11,13,18,23,31H,8-9,12H2,1-4H3,(H,24,25)/t18-,22+/m0/s1. The molecule has 4 aromatic rings. The highest BCUT2D eigenvalue weighted by molar-refractivity contribution is 5.96. The van der Waals surface area contributed by atoms with Crippen molar-refractivity contribution >= 4 is 27.9 Å². The van der Waals surface area contributed by atoms with Gasteiger partial charge >= 0.3 is 0 Å². The van der Waals surface area contributed by atoms with Gasteiger partial charge in [0.05, 0.1) is 17.3 Å². The van der Waals surface area contributed by atoms with E-state index in [-0.39, 0.29) is 12.0 Å². The first kappa shape index (κ1) is 19.9. The molecule has 0 saturated carbocycles. The molecule has 0 amide bonds. The topological polar surface area (TPSA) is 108 Å². The number of aromatic nitrogens is 6. The summed E-state index contributed by atoms with van der Waals surface area (Å²) in [7, 11) is 1.89. The Morgan fingerprint density at radius 3 is 2.97 bits per heavy atom. The third-order valence-electron chi connectivity index (χ3n) is 6.64. The van der Waals surface area contributed by atoms with Crippen LogP contribution >= 0.6 is 0 Å². The first-order valence-corrected chi connectivity index (χ1v) is 10.7. The van der Waals surface area contributed by atoms with E-state index < -0.39 is 5.60 Å². The average Bonchev–Trinajstić information content (AvgIpc) is 3.37. The van der Waals surface area contributed by atoms with Crippen LogP contribution in [0.25, 0.3) is 33.3 Å². The van der Waals surface area contributed by atoms with Gasteiger partial charge in [-0.2, -0.15) is 0 Å². The minimum Gasteiger partial charge on any atom is -0.388 e. The lowest BCUT2D eigenvalue weighted by Gasteiger charge is -2.43. The van der Waals surface area contributed by atoms with Crippen LogP contribution in [0.1, 0.15) is 20.8 Å². The number of piperazine rings is 1. The second-order valence-electron chi connectivity index (χ2n) is 8.85. The van der Waals surface area contributed by atoms with Gasteiger partial charge in [-0.25, -0.2) is 14.6 Å². The maximum atomic E-state index is 11.1. The lowest BCUT2D eigenvalue weighted by Crippen LogP contribution is -2.62. The van der Waals surface area contributed by atoms with Crippen molar-refractivity contribution in [2.75, 3.05) is 24.5 Å². The van der Waals surface area contributed by atoms with E-state index in [2.05, 4.69) is 30.5 Å². The minimum absolute atomic E-state index is 0.0692. The van der Waals surface area contributed by atoms with Crippen molar-refractivity contribution < 1.29 is 5.11 Å². The zero-order chi connectivity index (χ0) is 21.8. The number of anilines is 1. The van der Waals surface area contributed by atoms with Gasteiger partial charge in [0, 0.05) is 50.0 Å². The van der Waals surface area contributed by atoms with Crippen molar-refractivity contribution in [1.82, 2.24) is 35.3 Å².